The van der Waals surface area contributed by atoms with Gasteiger partial charge in [-0.15, -0.1) is 23.5 Å². The number of anilines is 1. The lowest BCUT2D eigenvalue weighted by molar-refractivity contribution is -0.684. The van der Waals surface area contributed by atoms with Gasteiger partial charge in [-0.1, -0.05) is 23.2 Å². The summed E-state index contributed by atoms with van der Waals surface area (Å²) in [6.45, 7) is 0.643. The van der Waals surface area contributed by atoms with Crippen molar-refractivity contribution in [1.82, 2.24) is 15.1 Å². The van der Waals surface area contributed by atoms with Crippen LogP contribution in [0.1, 0.15) is 12.0 Å². The number of phenols is 1. The average molecular weight is 774 g/mol. The predicted octanol–water partition coefficient (Wildman–Crippen LogP) is 3.95. The molecule has 2 fully saturated rings. The van der Waals surface area contributed by atoms with Crippen molar-refractivity contribution < 1.29 is 43.1 Å². The number of hydrogen-bond donors (Lipinski definition) is 4. The number of allylic oxidation sites excluding steroid dienone is 1. The Morgan fingerprint density at radius 1 is 1.06 bits per heavy atom. The highest BCUT2D eigenvalue weighted by molar-refractivity contribution is 8.00. The number of carbonyl (C=O) groups excluding carboxylic acids is 4. The van der Waals surface area contributed by atoms with Gasteiger partial charge in [0.25, 0.3) is 11.8 Å². The molecule has 0 bridgehead atoms. The number of benzene rings is 2. The number of phenolic OH excluding ortho intramolecular Hbond substituents is 1. The van der Waals surface area contributed by atoms with Crippen molar-refractivity contribution in [2.45, 2.75) is 35.8 Å². The molecule has 4 heterocycles. The number of carbonyl (C=O) groups is 5. The Morgan fingerprint density at radius 3 is 2.53 bits per heavy atom. The highest BCUT2D eigenvalue weighted by Gasteiger charge is 2.54. The third-order valence-electron chi connectivity index (χ3n) is 8.23. The van der Waals surface area contributed by atoms with Gasteiger partial charge in [0.05, 0.1) is 15.8 Å². The molecule has 264 valence electrons. The van der Waals surface area contributed by atoms with Crippen LogP contribution in [0.4, 0.5) is 10.1 Å². The second-order valence-corrected chi connectivity index (χ2v) is 14.7. The van der Waals surface area contributed by atoms with E-state index in [4.69, 9.17) is 23.2 Å². The summed E-state index contributed by atoms with van der Waals surface area (Å²) in [5.74, 6) is -4.01. The van der Waals surface area contributed by atoms with Gasteiger partial charge in [0.15, 0.2) is 24.0 Å². The summed E-state index contributed by atoms with van der Waals surface area (Å²) < 4.78 is 15.2. The first-order valence-corrected chi connectivity index (χ1v) is 18.2. The van der Waals surface area contributed by atoms with Crippen molar-refractivity contribution in [3.63, 3.8) is 0 Å². The molecule has 1 aromatic heterocycles. The van der Waals surface area contributed by atoms with E-state index in [-0.39, 0.29) is 41.9 Å². The summed E-state index contributed by atoms with van der Waals surface area (Å²) in [5, 5.41) is 24.8. The predicted molar refractivity (Wildman–Crippen MR) is 188 cm³/mol. The van der Waals surface area contributed by atoms with Crippen LogP contribution in [0.5, 0.6) is 5.75 Å². The number of pyridine rings is 1. The van der Waals surface area contributed by atoms with Crippen LogP contribution >= 0.6 is 46.7 Å². The van der Waals surface area contributed by atoms with Crippen molar-refractivity contribution in [2.75, 3.05) is 23.4 Å². The summed E-state index contributed by atoms with van der Waals surface area (Å²) in [6.07, 6.45) is 5.30. The van der Waals surface area contributed by atoms with E-state index in [0.717, 1.165) is 22.6 Å². The zero-order valence-electron chi connectivity index (χ0n) is 26.5. The molecule has 2 saturated heterocycles. The van der Waals surface area contributed by atoms with E-state index < -0.39 is 46.7 Å². The van der Waals surface area contributed by atoms with Gasteiger partial charge in [0, 0.05) is 53.2 Å². The van der Waals surface area contributed by atoms with Gasteiger partial charge in [-0.2, -0.15) is 4.57 Å². The maximum Gasteiger partial charge on any atom is 0.352 e. The largest absolute Gasteiger partial charge is 0.505 e. The van der Waals surface area contributed by atoms with E-state index in [1.807, 2.05) is 0 Å². The van der Waals surface area contributed by atoms with Crippen molar-refractivity contribution in [3.05, 3.63) is 105 Å². The fraction of sp³-hybridized carbons (Fsp3) is 0.235. The Morgan fingerprint density at radius 2 is 1.82 bits per heavy atom. The Balaban J connectivity index is 1.04. The zero-order valence-corrected chi connectivity index (χ0v) is 29.6. The van der Waals surface area contributed by atoms with Crippen LogP contribution in [-0.4, -0.2) is 79.1 Å². The number of halogens is 3. The lowest BCUT2D eigenvalue weighted by atomic mass is 10.0. The number of hydrogen-bond acceptors (Lipinski definition) is 8. The Kier molecular flexibility index (Phi) is 10.9. The quantitative estimate of drug-likeness (QED) is 0.0745. The molecular formula is C34H29Cl2FN5O7S2+. The van der Waals surface area contributed by atoms with Crippen LogP contribution in [-0.2, 0) is 37.1 Å². The van der Waals surface area contributed by atoms with Crippen LogP contribution in [0.15, 0.2) is 88.7 Å². The van der Waals surface area contributed by atoms with Gasteiger partial charge in [-0.3, -0.25) is 24.1 Å². The Hall–Kier alpha value is -4.57. The van der Waals surface area contributed by atoms with Crippen LogP contribution in [0.3, 0.4) is 0 Å². The third kappa shape index (κ3) is 8.17. The standard InChI is InChI=1S/C34H28Cl2FN5O7S2/c35-23-3-2-22(13-24(23)36)50-17-28(45)39-29-32(47)42-30(34(48)49)20(16-51-33(29)42)11-19-7-10-41(31(19)46)14-18-5-8-40(9-6-18)15-27(44)38-21-1-4-26(43)25(37)12-21/h1-6,8-9,11-13,29,33H,7,10,14-17H2,(H3-,38,39,43,44,45,48,49)/p+1/b19-11+. The van der Waals surface area contributed by atoms with Crippen molar-refractivity contribution >= 4 is 82.0 Å². The fourth-order valence-electron chi connectivity index (χ4n) is 5.72. The molecule has 17 heteroatoms. The highest BCUT2D eigenvalue weighted by atomic mass is 35.5. The summed E-state index contributed by atoms with van der Waals surface area (Å²) in [5.41, 5.74) is 1.58. The number of nitrogens with zero attached hydrogens (tertiary/aromatic N) is 3. The molecule has 6 rings (SSSR count). The van der Waals surface area contributed by atoms with Gasteiger partial charge < -0.3 is 25.7 Å². The Labute approximate surface area is 309 Å². The highest BCUT2D eigenvalue weighted by Crippen LogP contribution is 2.41. The van der Waals surface area contributed by atoms with E-state index in [0.29, 0.717) is 34.2 Å². The molecule has 3 aromatic rings. The van der Waals surface area contributed by atoms with Gasteiger partial charge in [-0.25, -0.2) is 9.18 Å². The lowest BCUT2D eigenvalue weighted by Crippen LogP contribution is -2.70. The number of thioether (sulfide) groups is 2. The average Bonchev–Trinajstić information content (AvgIpc) is 3.43. The normalized spacial score (nSPS) is 19.2. The topological polar surface area (TPSA) is 160 Å². The number of nitrogens with one attached hydrogen (secondary N) is 2. The van der Waals surface area contributed by atoms with Crippen LogP contribution in [0.25, 0.3) is 0 Å². The molecule has 3 aliphatic heterocycles. The van der Waals surface area contributed by atoms with Crippen molar-refractivity contribution in [2.24, 2.45) is 0 Å². The first kappa shape index (κ1) is 36.2. The summed E-state index contributed by atoms with van der Waals surface area (Å²) >= 11 is 14.5. The molecule has 2 aromatic carbocycles. The minimum absolute atomic E-state index is 0.0161. The van der Waals surface area contributed by atoms with Crippen molar-refractivity contribution in [3.8, 4) is 5.75 Å². The molecular weight excluding hydrogens is 744 g/mol. The number of aliphatic carboxylic acids is 1. The minimum Gasteiger partial charge on any atom is -0.505 e. The summed E-state index contributed by atoms with van der Waals surface area (Å²) in [4.78, 5) is 67.4. The molecule has 4 amide bonds. The summed E-state index contributed by atoms with van der Waals surface area (Å²) in [7, 11) is 0. The molecule has 0 spiro atoms. The number of carboxylic acid groups (broad SMARTS) is 1. The maximum atomic E-state index is 13.6. The lowest BCUT2D eigenvalue weighted by Gasteiger charge is -2.49. The number of rotatable bonds is 11. The fourth-order valence-corrected chi connectivity index (χ4v) is 8.13. The smallest absolute Gasteiger partial charge is 0.352 e. The molecule has 3 aliphatic rings. The number of amides is 4. The van der Waals surface area contributed by atoms with E-state index in [1.54, 1.807) is 58.3 Å². The molecule has 51 heavy (non-hydrogen) atoms. The van der Waals surface area contributed by atoms with E-state index >= 15 is 0 Å². The molecule has 12 nitrogen and oxygen atoms in total. The minimum atomic E-state index is -1.30. The second kappa shape index (κ2) is 15.4. The van der Waals surface area contributed by atoms with Gasteiger partial charge in [0.2, 0.25) is 18.4 Å². The molecule has 0 aliphatic carbocycles. The molecule has 4 N–H and O–H groups in total. The van der Waals surface area contributed by atoms with Gasteiger partial charge >= 0.3 is 5.97 Å². The van der Waals surface area contributed by atoms with Crippen LogP contribution in [0.2, 0.25) is 10.0 Å². The molecule has 2 unspecified atom stereocenters. The number of β-lactam (4-membered cyclic amide) rings is 1. The number of fused-ring (bicyclic) bond motifs is 1. The zero-order chi connectivity index (χ0) is 36.4. The Bertz CT molecular complexity index is 2010. The SMILES string of the molecule is O=C(C[n+]1ccc(CN2CC/C(=C\C3=C(C(=O)O)N4C(=O)C(NC(=O)CSc5ccc(Cl)c(Cl)c5)C4SC3)C2=O)cc1)Nc1ccc(O)c(F)c1. The summed E-state index contributed by atoms with van der Waals surface area (Å²) in [6, 6.07) is 11.2. The second-order valence-electron chi connectivity index (χ2n) is 11.7. The number of likely N-dealkylation sites (tertiary alicyclic amines) is 1. The van der Waals surface area contributed by atoms with Crippen LogP contribution < -0.4 is 15.2 Å². The first-order chi connectivity index (χ1) is 24.4. The number of aromatic nitrogens is 1. The third-order valence-corrected chi connectivity index (χ3v) is 11.3. The van der Waals surface area contributed by atoms with E-state index in [1.165, 1.54) is 34.5 Å². The van der Waals surface area contributed by atoms with Gasteiger partial charge in [0.1, 0.15) is 17.1 Å². The maximum absolute atomic E-state index is 13.6. The molecule has 2 atom stereocenters. The van der Waals surface area contributed by atoms with Gasteiger partial charge in [-0.05, 0) is 54.0 Å². The van der Waals surface area contributed by atoms with E-state index in [9.17, 15) is 38.6 Å². The first-order valence-electron chi connectivity index (χ1n) is 15.4. The number of aromatic hydroxyl groups is 1. The monoisotopic (exact) mass is 772 g/mol. The van der Waals surface area contributed by atoms with E-state index in [2.05, 4.69) is 10.6 Å². The van der Waals surface area contributed by atoms with Crippen LogP contribution in [0, 0.1) is 5.82 Å². The molecule has 0 radical (unpaired) electrons. The number of carboxylic acids is 1. The molecule has 0 saturated carbocycles. The van der Waals surface area contributed by atoms with Crippen molar-refractivity contribution in [1.29, 1.82) is 0 Å².